The van der Waals surface area contributed by atoms with Gasteiger partial charge in [0.25, 0.3) is 0 Å². The predicted octanol–water partition coefficient (Wildman–Crippen LogP) is 3.38. The zero-order chi connectivity index (χ0) is 19.8. The van der Waals surface area contributed by atoms with E-state index in [4.69, 9.17) is 9.47 Å². The van der Waals surface area contributed by atoms with E-state index in [9.17, 15) is 4.79 Å². The van der Waals surface area contributed by atoms with Crippen molar-refractivity contribution in [2.24, 2.45) is 0 Å². The number of nitrogens with one attached hydrogen (secondary N) is 1. The molecular formula is C23H30N2O3. The summed E-state index contributed by atoms with van der Waals surface area (Å²) in [7, 11) is 1.67. The average molecular weight is 383 g/mol. The molecule has 0 aliphatic carbocycles. The van der Waals surface area contributed by atoms with Crippen LogP contribution in [0.4, 0.5) is 0 Å². The van der Waals surface area contributed by atoms with E-state index in [0.29, 0.717) is 13.0 Å². The molecule has 2 aromatic carbocycles. The molecule has 150 valence electrons. The highest BCUT2D eigenvalue weighted by Gasteiger charge is 2.23. The average Bonchev–Trinajstić information content (AvgIpc) is 2.75. The largest absolute Gasteiger partial charge is 0.497 e. The standard InChI is InChI=1S/C23H30N2O3/c1-18(19-6-4-3-5-7-19)16-23(26)24-17-22(25-12-14-28-15-13-25)20-8-10-21(27-2)11-9-20/h3-11,18,22H,12-17H2,1-2H3,(H,24,26)/t18-,22+/m1/s1. The Labute approximate surface area is 167 Å². The molecule has 3 rings (SSSR count). The third kappa shape index (κ3) is 5.57. The molecule has 5 nitrogen and oxygen atoms in total. The van der Waals surface area contributed by atoms with Crippen molar-refractivity contribution in [1.82, 2.24) is 10.2 Å². The fourth-order valence-electron chi connectivity index (χ4n) is 3.63. The van der Waals surface area contributed by atoms with E-state index in [0.717, 1.165) is 32.1 Å². The van der Waals surface area contributed by atoms with Gasteiger partial charge in [-0.3, -0.25) is 9.69 Å². The smallest absolute Gasteiger partial charge is 0.220 e. The lowest BCUT2D eigenvalue weighted by Gasteiger charge is -2.35. The summed E-state index contributed by atoms with van der Waals surface area (Å²) in [5.74, 6) is 1.12. The van der Waals surface area contributed by atoms with Crippen molar-refractivity contribution in [3.63, 3.8) is 0 Å². The summed E-state index contributed by atoms with van der Waals surface area (Å²) in [5, 5.41) is 3.16. The molecule has 0 radical (unpaired) electrons. The van der Waals surface area contributed by atoms with Crippen molar-refractivity contribution in [3.8, 4) is 5.75 Å². The molecule has 5 heteroatoms. The molecule has 0 saturated carbocycles. The number of methoxy groups -OCH3 is 1. The van der Waals surface area contributed by atoms with Gasteiger partial charge in [-0.2, -0.15) is 0 Å². The molecule has 0 aromatic heterocycles. The normalized spacial score (nSPS) is 16.9. The number of nitrogens with zero attached hydrogens (tertiary/aromatic N) is 1. The number of hydrogen-bond acceptors (Lipinski definition) is 4. The van der Waals surface area contributed by atoms with E-state index in [1.807, 2.05) is 30.3 Å². The van der Waals surface area contributed by atoms with Crippen molar-refractivity contribution in [2.75, 3.05) is 40.0 Å². The number of amides is 1. The number of benzene rings is 2. The first-order valence-electron chi connectivity index (χ1n) is 9.94. The van der Waals surface area contributed by atoms with Crippen LogP contribution in [0.1, 0.15) is 36.4 Å². The first-order valence-corrected chi connectivity index (χ1v) is 9.94. The van der Waals surface area contributed by atoms with E-state index in [2.05, 4.69) is 41.4 Å². The van der Waals surface area contributed by atoms with E-state index >= 15 is 0 Å². The summed E-state index contributed by atoms with van der Waals surface area (Å²) in [5.41, 5.74) is 2.37. The van der Waals surface area contributed by atoms with Gasteiger partial charge in [0.05, 0.1) is 26.4 Å². The lowest BCUT2D eigenvalue weighted by atomic mass is 9.97. The van der Waals surface area contributed by atoms with Crippen LogP contribution in [-0.4, -0.2) is 50.8 Å². The SMILES string of the molecule is COc1ccc([C@H](CNC(=O)C[C@@H](C)c2ccccc2)N2CCOCC2)cc1. The lowest BCUT2D eigenvalue weighted by Crippen LogP contribution is -2.43. The van der Waals surface area contributed by atoms with Gasteiger partial charge in [0.1, 0.15) is 5.75 Å². The maximum Gasteiger partial charge on any atom is 0.220 e. The quantitative estimate of drug-likeness (QED) is 0.760. The molecule has 0 bridgehead atoms. The molecule has 1 heterocycles. The van der Waals surface area contributed by atoms with Crippen LogP contribution in [0.5, 0.6) is 5.75 Å². The highest BCUT2D eigenvalue weighted by Crippen LogP contribution is 2.24. The maximum absolute atomic E-state index is 12.6. The Morgan fingerprint density at radius 3 is 2.39 bits per heavy atom. The number of ether oxygens (including phenoxy) is 2. The Kier molecular flexibility index (Phi) is 7.46. The van der Waals surface area contributed by atoms with Crippen molar-refractivity contribution in [2.45, 2.75) is 25.3 Å². The van der Waals surface area contributed by atoms with Crippen LogP contribution < -0.4 is 10.1 Å². The summed E-state index contributed by atoms with van der Waals surface area (Å²) in [6, 6.07) is 18.4. The van der Waals surface area contributed by atoms with Crippen LogP contribution in [0.25, 0.3) is 0 Å². The molecule has 2 atom stereocenters. The first kappa shape index (κ1) is 20.4. The highest BCUT2D eigenvalue weighted by atomic mass is 16.5. The van der Waals surface area contributed by atoms with Crippen LogP contribution in [0.15, 0.2) is 54.6 Å². The first-order chi connectivity index (χ1) is 13.7. The van der Waals surface area contributed by atoms with Crippen LogP contribution in [0, 0.1) is 0 Å². The number of rotatable bonds is 8. The van der Waals surface area contributed by atoms with Crippen LogP contribution >= 0.6 is 0 Å². The van der Waals surface area contributed by atoms with E-state index in [-0.39, 0.29) is 17.9 Å². The minimum absolute atomic E-state index is 0.0862. The summed E-state index contributed by atoms with van der Waals surface area (Å²) in [6.45, 7) is 5.88. The van der Waals surface area contributed by atoms with Crippen LogP contribution in [0.3, 0.4) is 0 Å². The Hall–Kier alpha value is -2.37. The topological polar surface area (TPSA) is 50.8 Å². The number of hydrogen-bond donors (Lipinski definition) is 1. The van der Waals surface area contributed by atoms with Gasteiger partial charge in [-0.05, 0) is 29.2 Å². The zero-order valence-corrected chi connectivity index (χ0v) is 16.8. The fraction of sp³-hybridized carbons (Fsp3) is 0.435. The van der Waals surface area contributed by atoms with Crippen molar-refractivity contribution < 1.29 is 14.3 Å². The molecular weight excluding hydrogens is 352 g/mol. The third-order valence-electron chi connectivity index (χ3n) is 5.34. The van der Waals surface area contributed by atoms with Crippen LogP contribution in [-0.2, 0) is 9.53 Å². The Balaban J connectivity index is 1.62. The Bertz CT molecular complexity index is 727. The van der Waals surface area contributed by atoms with E-state index in [1.165, 1.54) is 11.1 Å². The molecule has 0 spiro atoms. The van der Waals surface area contributed by atoms with Gasteiger partial charge < -0.3 is 14.8 Å². The monoisotopic (exact) mass is 382 g/mol. The molecule has 1 N–H and O–H groups in total. The summed E-state index contributed by atoms with van der Waals surface area (Å²) in [4.78, 5) is 15.0. The summed E-state index contributed by atoms with van der Waals surface area (Å²) >= 11 is 0. The molecule has 1 fully saturated rings. The fourth-order valence-corrected chi connectivity index (χ4v) is 3.63. The van der Waals surface area contributed by atoms with Crippen molar-refractivity contribution >= 4 is 5.91 Å². The highest BCUT2D eigenvalue weighted by molar-refractivity contribution is 5.76. The molecule has 0 unspecified atom stereocenters. The molecule has 1 aliphatic heterocycles. The maximum atomic E-state index is 12.6. The van der Waals surface area contributed by atoms with Crippen LogP contribution in [0.2, 0.25) is 0 Å². The molecule has 1 aliphatic rings. The molecule has 1 amide bonds. The van der Waals surface area contributed by atoms with Gasteiger partial charge in [0.2, 0.25) is 5.91 Å². The zero-order valence-electron chi connectivity index (χ0n) is 16.8. The van der Waals surface area contributed by atoms with Gasteiger partial charge in [-0.1, -0.05) is 49.4 Å². The second-order valence-corrected chi connectivity index (χ2v) is 7.26. The predicted molar refractivity (Wildman–Crippen MR) is 111 cm³/mol. The van der Waals surface area contributed by atoms with Gasteiger partial charge in [0.15, 0.2) is 0 Å². The summed E-state index contributed by atoms with van der Waals surface area (Å²) < 4.78 is 10.8. The van der Waals surface area contributed by atoms with Gasteiger partial charge in [-0.25, -0.2) is 0 Å². The minimum atomic E-state index is 0.0862. The van der Waals surface area contributed by atoms with Gasteiger partial charge >= 0.3 is 0 Å². The third-order valence-corrected chi connectivity index (χ3v) is 5.34. The second-order valence-electron chi connectivity index (χ2n) is 7.26. The summed E-state index contributed by atoms with van der Waals surface area (Å²) in [6.07, 6.45) is 0.489. The van der Waals surface area contributed by atoms with E-state index in [1.54, 1.807) is 7.11 Å². The number of carbonyl (C=O) groups is 1. The number of carbonyl (C=O) groups excluding carboxylic acids is 1. The van der Waals surface area contributed by atoms with E-state index < -0.39 is 0 Å². The lowest BCUT2D eigenvalue weighted by molar-refractivity contribution is -0.121. The number of morpholine rings is 1. The molecule has 2 aromatic rings. The Morgan fingerprint density at radius 1 is 1.07 bits per heavy atom. The Morgan fingerprint density at radius 2 is 1.75 bits per heavy atom. The minimum Gasteiger partial charge on any atom is -0.497 e. The second kappa shape index (κ2) is 10.2. The van der Waals surface area contributed by atoms with Gasteiger partial charge in [-0.15, -0.1) is 0 Å². The molecule has 28 heavy (non-hydrogen) atoms. The van der Waals surface area contributed by atoms with Gasteiger partial charge in [0, 0.05) is 26.1 Å². The van der Waals surface area contributed by atoms with Crippen molar-refractivity contribution in [3.05, 3.63) is 65.7 Å². The van der Waals surface area contributed by atoms with Crippen molar-refractivity contribution in [1.29, 1.82) is 0 Å². The molecule has 1 saturated heterocycles.